The quantitative estimate of drug-likeness (QED) is 0.722. The van der Waals surface area contributed by atoms with Crippen LogP contribution in [0.5, 0.6) is 0 Å². The average Bonchev–Trinajstić information content (AvgIpc) is 2.80. The van der Waals surface area contributed by atoms with Gasteiger partial charge in [0.05, 0.1) is 17.5 Å². The van der Waals surface area contributed by atoms with E-state index in [0.717, 1.165) is 4.90 Å². The Morgan fingerprint density at radius 2 is 1.64 bits per heavy atom. The molecule has 0 atom stereocenters. The van der Waals surface area contributed by atoms with Crippen molar-refractivity contribution in [1.82, 2.24) is 9.80 Å². The molecule has 0 bridgehead atoms. The van der Waals surface area contributed by atoms with Crippen LogP contribution in [0.4, 0.5) is 0 Å². The summed E-state index contributed by atoms with van der Waals surface area (Å²) in [6, 6.07) is 6.56. The minimum absolute atomic E-state index is 0.00710. The first-order chi connectivity index (χ1) is 11.8. The topological polar surface area (TPSA) is 95.0 Å². The molecule has 2 rings (SSSR count). The van der Waals surface area contributed by atoms with E-state index in [9.17, 15) is 19.2 Å². The van der Waals surface area contributed by atoms with Crippen molar-refractivity contribution < 1.29 is 24.3 Å². The van der Waals surface area contributed by atoms with Crippen molar-refractivity contribution in [2.24, 2.45) is 5.92 Å². The van der Waals surface area contributed by atoms with Crippen molar-refractivity contribution in [3.63, 3.8) is 0 Å². The summed E-state index contributed by atoms with van der Waals surface area (Å²) >= 11 is 0. The number of hydrogen-bond donors (Lipinski definition) is 1. The molecule has 7 heteroatoms. The van der Waals surface area contributed by atoms with Crippen LogP contribution in [0, 0.1) is 5.92 Å². The van der Waals surface area contributed by atoms with Crippen LogP contribution in [0.25, 0.3) is 0 Å². The number of imide groups is 1. The average molecular weight is 346 g/mol. The van der Waals surface area contributed by atoms with Crippen LogP contribution in [0.3, 0.4) is 0 Å². The molecule has 3 amide bonds. The third kappa shape index (κ3) is 4.43. The fourth-order valence-corrected chi connectivity index (χ4v) is 2.80. The summed E-state index contributed by atoms with van der Waals surface area (Å²) in [6.07, 6.45) is -0.150. The van der Waals surface area contributed by atoms with Gasteiger partial charge in [0.15, 0.2) is 0 Å². The molecule has 0 aliphatic carbocycles. The lowest BCUT2D eigenvalue weighted by Gasteiger charge is -2.25. The van der Waals surface area contributed by atoms with Crippen molar-refractivity contribution in [3.8, 4) is 0 Å². The first-order valence-corrected chi connectivity index (χ1v) is 8.26. The lowest BCUT2D eigenvalue weighted by Crippen LogP contribution is -2.39. The molecule has 0 fully saturated rings. The number of hydrogen-bond acceptors (Lipinski definition) is 4. The maximum absolute atomic E-state index is 12.4. The first-order valence-electron chi connectivity index (χ1n) is 8.26. The van der Waals surface area contributed by atoms with Crippen LogP contribution < -0.4 is 0 Å². The van der Waals surface area contributed by atoms with Gasteiger partial charge < -0.3 is 10.0 Å². The van der Waals surface area contributed by atoms with Crippen molar-refractivity contribution in [1.29, 1.82) is 0 Å². The second kappa shape index (κ2) is 7.92. The molecular weight excluding hydrogens is 324 g/mol. The zero-order chi connectivity index (χ0) is 18.6. The normalized spacial score (nSPS) is 13.3. The highest BCUT2D eigenvalue weighted by Gasteiger charge is 2.35. The van der Waals surface area contributed by atoms with E-state index in [2.05, 4.69) is 0 Å². The van der Waals surface area contributed by atoms with Gasteiger partial charge in [-0.1, -0.05) is 26.0 Å². The van der Waals surface area contributed by atoms with E-state index >= 15 is 0 Å². The number of nitrogens with zero attached hydrogens (tertiary/aromatic N) is 2. The minimum atomic E-state index is -0.970. The zero-order valence-corrected chi connectivity index (χ0v) is 14.4. The second-order valence-electron chi connectivity index (χ2n) is 6.43. The van der Waals surface area contributed by atoms with Crippen LogP contribution in [-0.4, -0.2) is 58.2 Å². The first kappa shape index (κ1) is 18.6. The number of amides is 3. The van der Waals surface area contributed by atoms with Gasteiger partial charge in [0.2, 0.25) is 5.91 Å². The third-order valence-corrected chi connectivity index (χ3v) is 3.96. The Hall–Kier alpha value is -2.70. The third-order valence-electron chi connectivity index (χ3n) is 3.96. The van der Waals surface area contributed by atoms with Crippen molar-refractivity contribution in [3.05, 3.63) is 35.4 Å². The van der Waals surface area contributed by atoms with Crippen LogP contribution in [0.1, 0.15) is 47.4 Å². The van der Waals surface area contributed by atoms with E-state index in [1.54, 1.807) is 24.3 Å². The van der Waals surface area contributed by atoms with E-state index in [1.165, 1.54) is 4.90 Å². The highest BCUT2D eigenvalue weighted by Crippen LogP contribution is 2.22. The monoisotopic (exact) mass is 346 g/mol. The molecule has 0 saturated carbocycles. The van der Waals surface area contributed by atoms with E-state index in [1.807, 2.05) is 13.8 Å². The van der Waals surface area contributed by atoms with Crippen molar-refractivity contribution in [2.45, 2.75) is 26.7 Å². The van der Waals surface area contributed by atoms with Crippen LogP contribution in [0.2, 0.25) is 0 Å². The molecule has 0 spiro atoms. The Morgan fingerprint density at radius 1 is 1.08 bits per heavy atom. The van der Waals surface area contributed by atoms with Crippen molar-refractivity contribution >= 4 is 23.7 Å². The van der Waals surface area contributed by atoms with Gasteiger partial charge in [0, 0.05) is 26.1 Å². The van der Waals surface area contributed by atoms with Gasteiger partial charge in [-0.05, 0) is 18.1 Å². The van der Waals surface area contributed by atoms with E-state index in [4.69, 9.17) is 5.11 Å². The van der Waals surface area contributed by atoms with Gasteiger partial charge in [-0.25, -0.2) is 0 Å². The number of carboxylic acid groups (broad SMARTS) is 1. The molecular formula is C18H22N2O5. The lowest BCUT2D eigenvalue weighted by molar-refractivity contribution is -0.138. The van der Waals surface area contributed by atoms with E-state index in [0.29, 0.717) is 17.7 Å². The largest absolute Gasteiger partial charge is 0.481 e. The fourth-order valence-electron chi connectivity index (χ4n) is 2.80. The van der Waals surface area contributed by atoms with E-state index in [-0.39, 0.29) is 37.8 Å². The van der Waals surface area contributed by atoms with Gasteiger partial charge in [-0.2, -0.15) is 0 Å². The summed E-state index contributed by atoms with van der Waals surface area (Å²) in [5.74, 6) is -1.82. The molecule has 0 radical (unpaired) electrons. The molecule has 7 nitrogen and oxygen atoms in total. The molecule has 0 unspecified atom stereocenters. The summed E-state index contributed by atoms with van der Waals surface area (Å²) < 4.78 is 0. The number of carbonyl (C=O) groups is 4. The maximum atomic E-state index is 12.4. The summed E-state index contributed by atoms with van der Waals surface area (Å²) in [6.45, 7) is 4.42. The van der Waals surface area contributed by atoms with Crippen molar-refractivity contribution in [2.75, 3.05) is 19.6 Å². The standard InChI is InChI=1S/C18H22N2O5/c1-12(2)11-19(9-8-16(22)23)15(21)7-10-20-17(24)13-5-3-4-6-14(13)18(20)25/h3-6,12H,7-11H2,1-2H3,(H,22,23). The van der Waals surface area contributed by atoms with E-state index < -0.39 is 17.8 Å². The van der Waals surface area contributed by atoms with Gasteiger partial charge in [-0.15, -0.1) is 0 Å². The van der Waals surface area contributed by atoms with Crippen LogP contribution >= 0.6 is 0 Å². The number of fused-ring (bicyclic) bond motifs is 1. The molecule has 1 heterocycles. The molecule has 1 aliphatic heterocycles. The lowest BCUT2D eigenvalue weighted by atomic mass is 10.1. The van der Waals surface area contributed by atoms with Crippen LogP contribution in [-0.2, 0) is 9.59 Å². The van der Waals surface area contributed by atoms with Gasteiger partial charge in [-0.3, -0.25) is 24.1 Å². The molecule has 1 N–H and O–H groups in total. The molecule has 0 saturated heterocycles. The smallest absolute Gasteiger partial charge is 0.305 e. The van der Waals surface area contributed by atoms with Gasteiger partial charge in [0.25, 0.3) is 11.8 Å². The molecule has 25 heavy (non-hydrogen) atoms. The highest BCUT2D eigenvalue weighted by molar-refractivity contribution is 6.21. The Balaban J connectivity index is 1.99. The predicted octanol–water partition coefficient (Wildman–Crippen LogP) is 1.63. The minimum Gasteiger partial charge on any atom is -0.481 e. The Morgan fingerprint density at radius 3 is 2.12 bits per heavy atom. The maximum Gasteiger partial charge on any atom is 0.305 e. The second-order valence-corrected chi connectivity index (χ2v) is 6.43. The summed E-state index contributed by atoms with van der Waals surface area (Å²) in [5.41, 5.74) is 0.703. The fraction of sp³-hybridized carbons (Fsp3) is 0.444. The molecule has 1 aromatic rings. The molecule has 134 valence electrons. The Kier molecular flexibility index (Phi) is 5.90. The van der Waals surface area contributed by atoms with Crippen LogP contribution in [0.15, 0.2) is 24.3 Å². The number of benzene rings is 1. The number of aliphatic carboxylic acids is 1. The molecule has 0 aromatic heterocycles. The summed E-state index contributed by atoms with van der Waals surface area (Å²) in [5, 5.41) is 8.81. The zero-order valence-electron chi connectivity index (χ0n) is 14.4. The SMILES string of the molecule is CC(C)CN(CCC(=O)O)C(=O)CCN1C(=O)c2ccccc2C1=O. The van der Waals surface area contributed by atoms with Gasteiger partial charge in [0.1, 0.15) is 0 Å². The Bertz CT molecular complexity index is 663. The number of carbonyl (C=O) groups excluding carboxylic acids is 3. The predicted molar refractivity (Wildman–Crippen MR) is 90.1 cm³/mol. The Labute approximate surface area is 146 Å². The molecule has 1 aliphatic rings. The summed E-state index contributed by atoms with van der Waals surface area (Å²) in [4.78, 5) is 50.3. The number of carboxylic acids is 1. The summed E-state index contributed by atoms with van der Waals surface area (Å²) in [7, 11) is 0. The van der Waals surface area contributed by atoms with Gasteiger partial charge >= 0.3 is 5.97 Å². The highest BCUT2D eigenvalue weighted by atomic mass is 16.4. The number of rotatable bonds is 8. The molecule has 1 aromatic carbocycles.